The number of nitrogens with zero attached hydrogens (tertiary/aromatic N) is 2. The maximum atomic E-state index is 6.15. The minimum Gasteiger partial charge on any atom is -0.425 e. The first kappa shape index (κ1) is 13.3. The molecule has 0 N–H and O–H groups in total. The second-order valence-electron chi connectivity index (χ2n) is 6.07. The highest BCUT2D eigenvalue weighted by Gasteiger charge is 2.23. The smallest absolute Gasteiger partial charge is 0.299 e. The van der Waals surface area contributed by atoms with Crippen molar-refractivity contribution in [2.75, 3.05) is 0 Å². The third-order valence-corrected chi connectivity index (χ3v) is 4.60. The SMILES string of the molecule is Cc1ccc2c(oc3oc4ccccc4c32)c1-c1cncc[n+]1C. The summed E-state index contributed by atoms with van der Waals surface area (Å²) < 4.78 is 14.1. The fourth-order valence-electron chi connectivity index (χ4n) is 3.41. The van der Waals surface area contributed by atoms with E-state index in [1.807, 2.05) is 37.6 Å². The van der Waals surface area contributed by atoms with Crippen LogP contribution in [0.5, 0.6) is 0 Å². The first-order valence-electron chi connectivity index (χ1n) is 7.87. The van der Waals surface area contributed by atoms with E-state index in [0.29, 0.717) is 5.78 Å². The van der Waals surface area contributed by atoms with Gasteiger partial charge in [0.15, 0.2) is 11.8 Å². The fourth-order valence-corrected chi connectivity index (χ4v) is 3.41. The standard InChI is InChI=1S/C20H15N2O2/c1-12-7-8-14-18-13-5-3-4-6-16(13)23-20(18)24-19(14)17(12)15-11-21-9-10-22(15)2/h3-11H,1-2H3/q+1. The summed E-state index contributed by atoms with van der Waals surface area (Å²) in [4.78, 5) is 4.28. The zero-order chi connectivity index (χ0) is 16.3. The van der Waals surface area contributed by atoms with Crippen molar-refractivity contribution < 1.29 is 13.4 Å². The summed E-state index contributed by atoms with van der Waals surface area (Å²) in [5.74, 6) is 0.574. The summed E-state index contributed by atoms with van der Waals surface area (Å²) in [6.45, 7) is 2.09. The van der Waals surface area contributed by atoms with Crippen molar-refractivity contribution in [3.63, 3.8) is 0 Å². The molecule has 5 rings (SSSR count). The largest absolute Gasteiger partial charge is 0.425 e. The molecule has 0 fully saturated rings. The molecular formula is C20H15N2O2+. The quantitative estimate of drug-likeness (QED) is 0.427. The van der Waals surface area contributed by atoms with Crippen LogP contribution in [0.25, 0.3) is 44.4 Å². The molecule has 5 aromatic rings. The van der Waals surface area contributed by atoms with E-state index in [2.05, 4.69) is 34.7 Å². The number of furan rings is 2. The maximum Gasteiger partial charge on any atom is 0.299 e. The van der Waals surface area contributed by atoms with Gasteiger partial charge in [0.25, 0.3) is 5.78 Å². The maximum absolute atomic E-state index is 6.15. The highest BCUT2D eigenvalue weighted by Crippen LogP contribution is 2.41. The molecule has 4 heteroatoms. The van der Waals surface area contributed by atoms with Crippen molar-refractivity contribution in [2.24, 2.45) is 7.05 Å². The molecule has 0 saturated carbocycles. The van der Waals surface area contributed by atoms with Crippen LogP contribution in [0.4, 0.5) is 0 Å². The minimum atomic E-state index is 0.574. The molecule has 0 radical (unpaired) electrons. The monoisotopic (exact) mass is 315 g/mol. The molecule has 116 valence electrons. The summed E-state index contributed by atoms with van der Waals surface area (Å²) in [6, 6.07) is 12.3. The first-order valence-corrected chi connectivity index (χ1v) is 7.87. The molecule has 3 heterocycles. The molecule has 0 unspecified atom stereocenters. The van der Waals surface area contributed by atoms with E-state index in [9.17, 15) is 0 Å². The molecule has 0 aliphatic rings. The highest BCUT2D eigenvalue weighted by molar-refractivity contribution is 6.19. The average molecular weight is 315 g/mol. The fraction of sp³-hybridized carbons (Fsp3) is 0.100. The van der Waals surface area contributed by atoms with E-state index in [1.165, 1.54) is 0 Å². The number of para-hydroxylation sites is 1. The number of benzene rings is 2. The molecular weight excluding hydrogens is 300 g/mol. The zero-order valence-electron chi connectivity index (χ0n) is 13.4. The Morgan fingerprint density at radius 2 is 1.88 bits per heavy atom. The van der Waals surface area contributed by atoms with Gasteiger partial charge in [-0.1, -0.05) is 30.3 Å². The molecule has 2 aromatic carbocycles. The third-order valence-electron chi connectivity index (χ3n) is 4.60. The number of aryl methyl sites for hydroxylation is 2. The van der Waals surface area contributed by atoms with Crippen molar-refractivity contribution in [2.45, 2.75) is 6.92 Å². The number of fused-ring (bicyclic) bond motifs is 5. The molecule has 0 aliphatic carbocycles. The van der Waals surface area contributed by atoms with Crippen LogP contribution in [-0.2, 0) is 7.05 Å². The predicted molar refractivity (Wildman–Crippen MR) is 92.6 cm³/mol. The molecule has 0 spiro atoms. The normalized spacial score (nSPS) is 11.8. The summed E-state index contributed by atoms with van der Waals surface area (Å²) in [6.07, 6.45) is 5.58. The zero-order valence-corrected chi connectivity index (χ0v) is 13.4. The van der Waals surface area contributed by atoms with Gasteiger partial charge in [0.05, 0.1) is 23.3 Å². The molecule has 3 aromatic heterocycles. The summed E-state index contributed by atoms with van der Waals surface area (Å²) in [7, 11) is 2.01. The van der Waals surface area contributed by atoms with Crippen LogP contribution in [0.1, 0.15) is 5.56 Å². The Hall–Kier alpha value is -3.14. The average Bonchev–Trinajstić information content (AvgIpc) is 3.11. The van der Waals surface area contributed by atoms with E-state index in [1.54, 1.807) is 6.20 Å². The Morgan fingerprint density at radius 1 is 1.00 bits per heavy atom. The van der Waals surface area contributed by atoms with Gasteiger partial charge in [0.2, 0.25) is 5.69 Å². The molecule has 0 amide bonds. The van der Waals surface area contributed by atoms with Crippen molar-refractivity contribution >= 4 is 33.1 Å². The van der Waals surface area contributed by atoms with Gasteiger partial charge < -0.3 is 8.83 Å². The van der Waals surface area contributed by atoms with E-state index in [0.717, 1.165) is 44.1 Å². The van der Waals surface area contributed by atoms with Crippen molar-refractivity contribution in [1.82, 2.24) is 4.98 Å². The third kappa shape index (κ3) is 1.68. The Labute approximate surface area is 138 Å². The predicted octanol–water partition coefficient (Wildman–Crippen LogP) is 4.53. The lowest BCUT2D eigenvalue weighted by Gasteiger charge is -2.04. The van der Waals surface area contributed by atoms with Gasteiger partial charge in [-0.25, -0.2) is 0 Å². The van der Waals surface area contributed by atoms with Crippen molar-refractivity contribution in [3.05, 3.63) is 60.6 Å². The van der Waals surface area contributed by atoms with Crippen molar-refractivity contribution in [1.29, 1.82) is 0 Å². The topological polar surface area (TPSA) is 43.1 Å². The lowest BCUT2D eigenvalue weighted by Crippen LogP contribution is -2.30. The Balaban J connectivity index is 1.96. The molecule has 4 nitrogen and oxygen atoms in total. The first-order chi connectivity index (χ1) is 11.7. The number of rotatable bonds is 1. The minimum absolute atomic E-state index is 0.574. The lowest BCUT2D eigenvalue weighted by atomic mass is 10.0. The van der Waals surface area contributed by atoms with Gasteiger partial charge >= 0.3 is 0 Å². The van der Waals surface area contributed by atoms with Gasteiger partial charge in [-0.2, -0.15) is 4.57 Å². The number of aromatic nitrogens is 2. The van der Waals surface area contributed by atoms with Crippen LogP contribution < -0.4 is 4.57 Å². The van der Waals surface area contributed by atoms with E-state index >= 15 is 0 Å². The summed E-state index contributed by atoms with van der Waals surface area (Å²) in [5, 5.41) is 3.18. The molecule has 0 aliphatic heterocycles. The summed E-state index contributed by atoms with van der Waals surface area (Å²) >= 11 is 0. The highest BCUT2D eigenvalue weighted by atomic mass is 16.5. The second-order valence-corrected chi connectivity index (χ2v) is 6.07. The molecule has 0 atom stereocenters. The Kier molecular flexibility index (Phi) is 2.59. The van der Waals surface area contributed by atoms with Crippen LogP contribution in [0.15, 0.2) is 63.8 Å². The Morgan fingerprint density at radius 3 is 2.75 bits per heavy atom. The van der Waals surface area contributed by atoms with Gasteiger partial charge in [0, 0.05) is 10.8 Å². The van der Waals surface area contributed by atoms with E-state index < -0.39 is 0 Å². The van der Waals surface area contributed by atoms with Crippen molar-refractivity contribution in [3.8, 4) is 11.3 Å². The van der Waals surface area contributed by atoms with Crippen LogP contribution in [-0.4, -0.2) is 4.98 Å². The Bertz CT molecular complexity index is 1230. The van der Waals surface area contributed by atoms with Crippen LogP contribution in [0.3, 0.4) is 0 Å². The van der Waals surface area contributed by atoms with Crippen LogP contribution in [0.2, 0.25) is 0 Å². The number of hydrogen-bond donors (Lipinski definition) is 0. The lowest BCUT2D eigenvalue weighted by molar-refractivity contribution is -0.660. The number of hydrogen-bond acceptors (Lipinski definition) is 3. The molecule has 0 bridgehead atoms. The van der Waals surface area contributed by atoms with Crippen LogP contribution in [0, 0.1) is 6.92 Å². The molecule has 0 saturated heterocycles. The van der Waals surface area contributed by atoms with Gasteiger partial charge in [-0.05, 0) is 18.6 Å². The van der Waals surface area contributed by atoms with Gasteiger partial charge in [-0.3, -0.25) is 4.98 Å². The molecule has 24 heavy (non-hydrogen) atoms. The van der Waals surface area contributed by atoms with Crippen LogP contribution >= 0.6 is 0 Å². The second kappa shape index (κ2) is 4.68. The summed E-state index contributed by atoms with van der Waals surface area (Å²) in [5.41, 5.74) is 4.91. The van der Waals surface area contributed by atoms with E-state index in [-0.39, 0.29) is 0 Å². The van der Waals surface area contributed by atoms with Gasteiger partial charge in [-0.15, -0.1) is 0 Å². The van der Waals surface area contributed by atoms with Gasteiger partial charge in [0.1, 0.15) is 12.6 Å². The van der Waals surface area contributed by atoms with E-state index in [4.69, 9.17) is 8.83 Å².